The van der Waals surface area contributed by atoms with Crippen molar-refractivity contribution in [3.63, 3.8) is 0 Å². The molecule has 0 spiro atoms. The van der Waals surface area contributed by atoms with Crippen LogP contribution < -0.4 is 4.90 Å². The van der Waals surface area contributed by atoms with Crippen molar-refractivity contribution < 1.29 is 19.6 Å². The number of carboxylic acids is 1. The number of nitro benzene ring substituents is 1. The Morgan fingerprint density at radius 2 is 1.94 bits per heavy atom. The zero-order valence-electron chi connectivity index (χ0n) is 18.8. The van der Waals surface area contributed by atoms with E-state index >= 15 is 0 Å². The molecule has 1 fully saturated rings. The van der Waals surface area contributed by atoms with Crippen molar-refractivity contribution in [3.05, 3.63) is 68.1 Å². The number of aliphatic carboxylic acids is 1. The molecule has 1 aliphatic rings. The summed E-state index contributed by atoms with van der Waals surface area (Å²) in [5.41, 5.74) is 1.60. The lowest BCUT2D eigenvalue weighted by Crippen LogP contribution is -2.36. The number of anilines is 1. The Bertz CT molecular complexity index is 1270. The summed E-state index contributed by atoms with van der Waals surface area (Å²) in [4.78, 5) is 25.2. The number of halogens is 1. The van der Waals surface area contributed by atoms with E-state index in [0.29, 0.717) is 60.1 Å². The van der Waals surface area contributed by atoms with E-state index in [1.165, 1.54) is 12.1 Å². The van der Waals surface area contributed by atoms with E-state index in [4.69, 9.17) is 16.3 Å². The van der Waals surface area contributed by atoms with Crippen LogP contribution in [0.15, 0.2) is 52.5 Å². The van der Waals surface area contributed by atoms with E-state index in [2.05, 4.69) is 10.2 Å². The number of carbonyl (C=O) groups is 1. The van der Waals surface area contributed by atoms with Gasteiger partial charge in [0.15, 0.2) is 11.0 Å². The molecule has 35 heavy (non-hydrogen) atoms. The topological polar surface area (TPSA) is 124 Å². The second-order valence-corrected chi connectivity index (χ2v) is 9.02. The summed E-state index contributed by atoms with van der Waals surface area (Å²) >= 11 is 6.91. The monoisotopic (exact) mass is 515 g/mol. The number of rotatable bonds is 8. The van der Waals surface area contributed by atoms with Crippen LogP contribution >= 0.6 is 23.4 Å². The zero-order chi connectivity index (χ0) is 24.9. The molecule has 10 nitrogen and oxygen atoms in total. The quantitative estimate of drug-likeness (QED) is 0.198. The molecule has 4 rings (SSSR count). The SMILES string of the molecule is CCn1c(S/C(=C/c2ccc(N3CCOCC3)c([N+](=O)[O-])c2)C(=O)O)nnc1-c1ccc(Cl)cc1. The highest BCUT2D eigenvalue weighted by Crippen LogP contribution is 2.34. The Labute approximate surface area is 210 Å². The predicted molar refractivity (Wildman–Crippen MR) is 134 cm³/mol. The van der Waals surface area contributed by atoms with Gasteiger partial charge in [0.2, 0.25) is 0 Å². The van der Waals surface area contributed by atoms with E-state index in [-0.39, 0.29) is 10.6 Å². The lowest BCUT2D eigenvalue weighted by Gasteiger charge is -2.28. The van der Waals surface area contributed by atoms with Crippen molar-refractivity contribution in [1.82, 2.24) is 14.8 Å². The molecule has 0 atom stereocenters. The first-order valence-electron chi connectivity index (χ1n) is 10.8. The van der Waals surface area contributed by atoms with Crippen LogP contribution in [0.4, 0.5) is 11.4 Å². The third-order valence-electron chi connectivity index (χ3n) is 5.39. The second-order valence-electron chi connectivity index (χ2n) is 7.58. The normalized spacial score (nSPS) is 14.2. The van der Waals surface area contributed by atoms with Gasteiger partial charge in [-0.2, -0.15) is 0 Å². The second kappa shape index (κ2) is 10.9. The van der Waals surface area contributed by atoms with Gasteiger partial charge >= 0.3 is 5.97 Å². The lowest BCUT2D eigenvalue weighted by atomic mass is 10.1. The van der Waals surface area contributed by atoms with Crippen molar-refractivity contribution >= 4 is 46.8 Å². The van der Waals surface area contributed by atoms with Crippen molar-refractivity contribution in [2.24, 2.45) is 0 Å². The summed E-state index contributed by atoms with van der Waals surface area (Å²) in [6.07, 6.45) is 1.40. The van der Waals surface area contributed by atoms with Gasteiger partial charge in [-0.1, -0.05) is 17.7 Å². The Kier molecular flexibility index (Phi) is 7.69. The molecule has 12 heteroatoms. The highest BCUT2D eigenvalue weighted by atomic mass is 35.5. The maximum atomic E-state index is 12.0. The number of ether oxygens (including phenoxy) is 1. The van der Waals surface area contributed by atoms with Gasteiger partial charge in [0.25, 0.3) is 5.69 Å². The van der Waals surface area contributed by atoms with Gasteiger partial charge < -0.3 is 19.3 Å². The van der Waals surface area contributed by atoms with Crippen LogP contribution in [-0.4, -0.2) is 57.1 Å². The molecule has 1 saturated heterocycles. The molecule has 2 aromatic carbocycles. The Morgan fingerprint density at radius 3 is 2.57 bits per heavy atom. The number of aromatic nitrogens is 3. The lowest BCUT2D eigenvalue weighted by molar-refractivity contribution is -0.384. The highest BCUT2D eigenvalue weighted by molar-refractivity contribution is 8.04. The van der Waals surface area contributed by atoms with E-state index in [0.717, 1.165) is 17.3 Å². The van der Waals surface area contributed by atoms with E-state index < -0.39 is 10.9 Å². The molecule has 182 valence electrons. The van der Waals surface area contributed by atoms with Crippen molar-refractivity contribution in [2.75, 3.05) is 31.2 Å². The van der Waals surface area contributed by atoms with Crippen LogP contribution in [-0.2, 0) is 16.1 Å². The van der Waals surface area contributed by atoms with Gasteiger partial charge in [-0.15, -0.1) is 10.2 Å². The molecular formula is C23H22ClN5O5S. The number of hydrogen-bond acceptors (Lipinski definition) is 8. The highest BCUT2D eigenvalue weighted by Gasteiger charge is 2.23. The van der Waals surface area contributed by atoms with Crippen LogP contribution in [0.2, 0.25) is 5.02 Å². The van der Waals surface area contributed by atoms with Crippen molar-refractivity contribution in [1.29, 1.82) is 0 Å². The van der Waals surface area contributed by atoms with Crippen LogP contribution in [0.25, 0.3) is 17.5 Å². The van der Waals surface area contributed by atoms with Gasteiger partial charge in [0.05, 0.1) is 18.1 Å². The minimum atomic E-state index is -1.17. The number of carboxylic acid groups (broad SMARTS) is 1. The molecule has 0 unspecified atom stereocenters. The third kappa shape index (κ3) is 5.64. The summed E-state index contributed by atoms with van der Waals surface area (Å²) in [6, 6.07) is 11.8. The summed E-state index contributed by atoms with van der Waals surface area (Å²) in [5, 5.41) is 31.0. The maximum Gasteiger partial charge on any atom is 0.342 e. The fraction of sp³-hybridized carbons (Fsp3) is 0.261. The van der Waals surface area contributed by atoms with Gasteiger partial charge in [0.1, 0.15) is 10.6 Å². The summed E-state index contributed by atoms with van der Waals surface area (Å²) in [7, 11) is 0. The minimum absolute atomic E-state index is 0.0387. The predicted octanol–water partition coefficient (Wildman–Crippen LogP) is 4.58. The molecule has 3 aromatic rings. The average molecular weight is 516 g/mol. The largest absolute Gasteiger partial charge is 0.477 e. The number of morpholine rings is 1. The first kappa shape index (κ1) is 24.7. The molecule has 0 saturated carbocycles. The Balaban J connectivity index is 1.65. The third-order valence-corrected chi connectivity index (χ3v) is 6.64. The molecule has 0 aliphatic carbocycles. The Hall–Kier alpha value is -3.41. The van der Waals surface area contributed by atoms with Crippen LogP contribution in [0, 0.1) is 10.1 Å². The molecule has 2 heterocycles. The Morgan fingerprint density at radius 1 is 1.23 bits per heavy atom. The number of nitro groups is 1. The summed E-state index contributed by atoms with van der Waals surface area (Å²) in [5.74, 6) is -0.587. The van der Waals surface area contributed by atoms with Crippen LogP contribution in [0.5, 0.6) is 0 Å². The average Bonchev–Trinajstić information content (AvgIpc) is 3.27. The van der Waals surface area contributed by atoms with Gasteiger partial charge in [-0.05, 0) is 60.7 Å². The number of hydrogen-bond donors (Lipinski definition) is 1. The molecule has 0 radical (unpaired) electrons. The molecule has 1 N–H and O–H groups in total. The standard InChI is InChI=1S/C23H22ClN5O5S/c1-2-28-21(16-4-6-17(24)7-5-16)25-26-23(28)35-20(22(30)31)14-15-3-8-18(19(13-15)29(32)33)27-9-11-34-12-10-27/h3-8,13-14H,2,9-12H2,1H3,(H,30,31)/b20-14+. The summed E-state index contributed by atoms with van der Waals surface area (Å²) < 4.78 is 7.13. The number of benzene rings is 2. The smallest absolute Gasteiger partial charge is 0.342 e. The molecule has 0 bridgehead atoms. The molecular weight excluding hydrogens is 494 g/mol. The van der Waals surface area contributed by atoms with E-state index in [1.54, 1.807) is 28.8 Å². The van der Waals surface area contributed by atoms with Gasteiger partial charge in [0, 0.05) is 36.3 Å². The van der Waals surface area contributed by atoms with E-state index in [9.17, 15) is 20.0 Å². The first-order valence-corrected chi connectivity index (χ1v) is 12.0. The summed E-state index contributed by atoms with van der Waals surface area (Å²) in [6.45, 7) is 4.51. The van der Waals surface area contributed by atoms with Crippen molar-refractivity contribution in [3.8, 4) is 11.4 Å². The fourth-order valence-corrected chi connectivity index (χ4v) is 4.71. The molecule has 1 aromatic heterocycles. The van der Waals surface area contributed by atoms with Crippen LogP contribution in [0.1, 0.15) is 12.5 Å². The van der Waals surface area contributed by atoms with Gasteiger partial charge in [-0.25, -0.2) is 4.79 Å². The van der Waals surface area contributed by atoms with Crippen LogP contribution in [0.3, 0.4) is 0 Å². The molecule has 0 amide bonds. The number of thioether (sulfide) groups is 1. The fourth-order valence-electron chi connectivity index (χ4n) is 3.69. The van der Waals surface area contributed by atoms with E-state index in [1.807, 2.05) is 24.0 Å². The first-order chi connectivity index (χ1) is 16.9. The van der Waals surface area contributed by atoms with Crippen molar-refractivity contribution in [2.45, 2.75) is 18.6 Å². The minimum Gasteiger partial charge on any atom is -0.477 e. The van der Waals surface area contributed by atoms with Gasteiger partial charge in [-0.3, -0.25) is 10.1 Å². The maximum absolute atomic E-state index is 12.0. The zero-order valence-corrected chi connectivity index (χ0v) is 20.3. The number of nitrogens with zero attached hydrogens (tertiary/aromatic N) is 5. The molecule has 1 aliphatic heterocycles.